The minimum Gasteiger partial charge on any atom is -0.396 e. The van der Waals surface area contributed by atoms with Crippen molar-refractivity contribution in [1.29, 1.82) is 0 Å². The Hall–Kier alpha value is -1.29. The van der Waals surface area contributed by atoms with Gasteiger partial charge in [-0.2, -0.15) is 0 Å². The second-order valence-corrected chi connectivity index (χ2v) is 14.3. The Labute approximate surface area is 318 Å². The van der Waals surface area contributed by atoms with Gasteiger partial charge in [0.25, 0.3) is 0 Å². The van der Waals surface area contributed by atoms with Crippen LogP contribution in [0.25, 0.3) is 0 Å². The average Bonchev–Trinajstić information content (AvgIpc) is 3.18. The maximum absolute atomic E-state index is 11.1. The van der Waals surface area contributed by atoms with Crippen molar-refractivity contribution in [3.05, 3.63) is 0 Å². The quantitative estimate of drug-likeness (QED) is 0.0642. The minimum absolute atomic E-state index is 0.104. The number of aldehydes is 1. The lowest BCUT2D eigenvalue weighted by atomic mass is 9.76. The Bertz CT molecular complexity index is 1210. The fourth-order valence-electron chi connectivity index (χ4n) is 7.26. The van der Waals surface area contributed by atoms with Gasteiger partial charge < -0.3 is 125 Å². The summed E-state index contributed by atoms with van der Waals surface area (Å²) in [5.41, 5.74) is 0. The van der Waals surface area contributed by atoms with E-state index in [9.17, 15) is 91.6 Å². The molecule has 18 N–H and O–H groups in total. The SMILES string of the molecule is C[C@@H]1O[C@H](O[C@@H]2[C@H](O)[C@H](O)[C@@H](O[C@@H]3[C@H](O)[C@@H](O)[C@@H](O[C@H]([C@H](O)[C@H](O)C=O)[C@H](O)CO)O[C@@H]3CO)O[C@@H]2CO)[C@@H](O)[C@@H](O)[C@@H]1N[C@@H]1[C@H](O)[C@@H](CO)[C@H](O)[C@H](O)[C@@H]1O. The first kappa shape index (κ1) is 47.4. The molecule has 1 saturated carbocycles. The first-order valence-corrected chi connectivity index (χ1v) is 17.8. The molecule has 56 heavy (non-hydrogen) atoms. The van der Waals surface area contributed by atoms with Crippen LogP contribution in [0.15, 0.2) is 0 Å². The van der Waals surface area contributed by atoms with E-state index in [-0.39, 0.29) is 6.29 Å². The summed E-state index contributed by atoms with van der Waals surface area (Å²) in [7, 11) is 0. The zero-order valence-corrected chi connectivity index (χ0v) is 29.8. The van der Waals surface area contributed by atoms with Gasteiger partial charge in [0.2, 0.25) is 0 Å². The number of ether oxygens (including phenoxy) is 6. The number of rotatable bonds is 16. The molecule has 0 radical (unpaired) electrons. The molecule has 0 aromatic carbocycles. The van der Waals surface area contributed by atoms with Crippen LogP contribution in [0.3, 0.4) is 0 Å². The van der Waals surface area contributed by atoms with Gasteiger partial charge in [0.15, 0.2) is 25.2 Å². The van der Waals surface area contributed by atoms with Gasteiger partial charge >= 0.3 is 0 Å². The summed E-state index contributed by atoms with van der Waals surface area (Å²) >= 11 is 0. The molecule has 25 atom stereocenters. The Morgan fingerprint density at radius 3 is 1.57 bits per heavy atom. The van der Waals surface area contributed by atoms with Crippen LogP contribution in [0, 0.1) is 5.92 Å². The maximum Gasteiger partial charge on any atom is 0.187 e. The fraction of sp³-hybridized carbons (Fsp3) is 0.968. The van der Waals surface area contributed by atoms with E-state index in [0.717, 1.165) is 0 Å². The fourth-order valence-corrected chi connectivity index (χ4v) is 7.26. The number of hydrogen-bond donors (Lipinski definition) is 18. The summed E-state index contributed by atoms with van der Waals surface area (Å²) in [6.45, 7) is -2.40. The summed E-state index contributed by atoms with van der Waals surface area (Å²) in [5, 5.41) is 179. The number of hydrogen-bond acceptors (Lipinski definition) is 25. The van der Waals surface area contributed by atoms with Gasteiger partial charge in [-0.15, -0.1) is 0 Å². The van der Waals surface area contributed by atoms with Crippen LogP contribution in [0.4, 0.5) is 0 Å². The highest BCUT2D eigenvalue weighted by Crippen LogP contribution is 2.34. The van der Waals surface area contributed by atoms with E-state index in [0.29, 0.717) is 0 Å². The summed E-state index contributed by atoms with van der Waals surface area (Å²) < 4.78 is 33.3. The molecule has 4 rings (SSSR count). The molecule has 3 aliphatic heterocycles. The predicted octanol–water partition coefficient (Wildman–Crippen LogP) is -11.8. The maximum atomic E-state index is 11.1. The van der Waals surface area contributed by atoms with Crippen LogP contribution < -0.4 is 5.32 Å². The third kappa shape index (κ3) is 9.67. The predicted molar refractivity (Wildman–Crippen MR) is 173 cm³/mol. The van der Waals surface area contributed by atoms with Crippen molar-refractivity contribution >= 4 is 6.29 Å². The van der Waals surface area contributed by atoms with Gasteiger partial charge in [-0.05, 0) is 6.92 Å². The third-order valence-corrected chi connectivity index (χ3v) is 10.7. The molecule has 0 unspecified atom stereocenters. The smallest absolute Gasteiger partial charge is 0.187 e. The van der Waals surface area contributed by atoms with E-state index in [1.54, 1.807) is 0 Å². The lowest BCUT2D eigenvalue weighted by Crippen LogP contribution is -2.72. The van der Waals surface area contributed by atoms with Crippen molar-refractivity contribution in [2.75, 3.05) is 26.4 Å². The van der Waals surface area contributed by atoms with Crippen LogP contribution in [-0.4, -0.2) is 266 Å². The molecule has 4 fully saturated rings. The van der Waals surface area contributed by atoms with Gasteiger partial charge in [0.1, 0.15) is 97.7 Å². The molecule has 4 aliphatic rings. The largest absolute Gasteiger partial charge is 0.396 e. The molecular weight excluding hydrogens is 770 g/mol. The van der Waals surface area contributed by atoms with Gasteiger partial charge in [0.05, 0.1) is 56.8 Å². The topological polar surface area (TPSA) is 428 Å². The number of nitrogens with one attached hydrogen (secondary N) is 1. The summed E-state index contributed by atoms with van der Waals surface area (Å²) in [6, 6.07) is -2.72. The van der Waals surface area contributed by atoms with Crippen LogP contribution in [0.5, 0.6) is 0 Å². The molecule has 25 nitrogen and oxygen atoms in total. The average molecular weight is 826 g/mol. The highest BCUT2D eigenvalue weighted by molar-refractivity contribution is 5.56. The first-order chi connectivity index (χ1) is 26.4. The van der Waals surface area contributed by atoms with Gasteiger partial charge in [-0.3, -0.25) is 0 Å². The Kier molecular flexibility index (Phi) is 17.2. The monoisotopic (exact) mass is 825 g/mol. The number of carbonyl (C=O) groups is 1. The van der Waals surface area contributed by atoms with Crippen LogP contribution in [0.1, 0.15) is 6.92 Å². The first-order valence-electron chi connectivity index (χ1n) is 17.8. The molecule has 0 amide bonds. The standard InChI is InChI=1S/C31H55NO24/c1-7-13(32-14-15(40)8(2-33)16(41)20(45)19(14)44)18(43)23(48)29(51-7)55-27-11(5-36)53-31(25(50)22(27)47)56-28-12(6-37)52-30(24(49)21(28)46)54-26(10(39)4-35)17(42)9(38)3-34/h3,7-33,35-50H,2,4-6H2,1H3/t7-,8+,9+,10+,11+,12+,13+,14+,15+,16-,17+,18-,19+,20-,21+,22+,23-,24+,25-,26-,27-,28-,29+,30+,31+/m0/s1. The molecule has 3 saturated heterocycles. The zero-order valence-electron chi connectivity index (χ0n) is 29.8. The Morgan fingerprint density at radius 1 is 0.589 bits per heavy atom. The lowest BCUT2D eigenvalue weighted by molar-refractivity contribution is -0.380. The molecule has 328 valence electrons. The molecule has 3 heterocycles. The van der Waals surface area contributed by atoms with Gasteiger partial charge in [-0.1, -0.05) is 0 Å². The Balaban J connectivity index is 1.42. The normalized spacial score (nSPS) is 48.5. The van der Waals surface area contributed by atoms with Crippen molar-refractivity contribution < 1.29 is 120 Å². The van der Waals surface area contributed by atoms with Crippen molar-refractivity contribution in [1.82, 2.24) is 5.32 Å². The molecule has 0 aromatic heterocycles. The van der Waals surface area contributed by atoms with Crippen molar-refractivity contribution in [3.63, 3.8) is 0 Å². The van der Waals surface area contributed by atoms with Crippen LogP contribution in [-0.2, 0) is 33.2 Å². The molecule has 0 bridgehead atoms. The van der Waals surface area contributed by atoms with E-state index in [4.69, 9.17) is 28.4 Å². The Morgan fingerprint density at radius 2 is 1.07 bits per heavy atom. The highest BCUT2D eigenvalue weighted by Gasteiger charge is 2.55. The molecular formula is C31H55NO24. The summed E-state index contributed by atoms with van der Waals surface area (Å²) in [6.07, 6.45) is -41.0. The van der Waals surface area contributed by atoms with E-state index in [2.05, 4.69) is 5.32 Å². The molecule has 0 aromatic rings. The van der Waals surface area contributed by atoms with Crippen LogP contribution >= 0.6 is 0 Å². The molecule has 25 heteroatoms. The van der Waals surface area contributed by atoms with E-state index >= 15 is 0 Å². The van der Waals surface area contributed by atoms with Crippen LogP contribution in [0.2, 0.25) is 0 Å². The summed E-state index contributed by atoms with van der Waals surface area (Å²) in [4.78, 5) is 11.0. The van der Waals surface area contributed by atoms with E-state index in [1.807, 2.05) is 0 Å². The minimum atomic E-state index is -2.16. The second-order valence-electron chi connectivity index (χ2n) is 14.3. The zero-order chi connectivity index (χ0) is 41.9. The van der Waals surface area contributed by atoms with E-state index in [1.165, 1.54) is 6.92 Å². The van der Waals surface area contributed by atoms with Crippen molar-refractivity contribution in [2.45, 2.75) is 154 Å². The highest BCUT2D eigenvalue weighted by atomic mass is 16.8. The van der Waals surface area contributed by atoms with Gasteiger partial charge in [-0.25, -0.2) is 0 Å². The number of carbonyl (C=O) groups excluding carboxylic acids is 1. The molecule has 0 spiro atoms. The van der Waals surface area contributed by atoms with Crippen molar-refractivity contribution in [3.8, 4) is 0 Å². The third-order valence-electron chi connectivity index (χ3n) is 10.7. The van der Waals surface area contributed by atoms with E-state index < -0.39 is 179 Å². The molecule has 1 aliphatic carbocycles. The van der Waals surface area contributed by atoms with Gasteiger partial charge in [0, 0.05) is 5.92 Å². The second kappa shape index (κ2) is 20.3. The number of aliphatic hydroxyl groups is 17. The number of aliphatic hydroxyl groups excluding tert-OH is 17. The summed E-state index contributed by atoms with van der Waals surface area (Å²) in [5.74, 6) is -1.29. The lowest BCUT2D eigenvalue weighted by Gasteiger charge is -2.50. The van der Waals surface area contributed by atoms with Crippen molar-refractivity contribution in [2.24, 2.45) is 5.92 Å².